The highest BCUT2D eigenvalue weighted by atomic mass is 79.9. The zero-order valence-corrected chi connectivity index (χ0v) is 11.7. The summed E-state index contributed by atoms with van der Waals surface area (Å²) in [7, 11) is 0. The predicted molar refractivity (Wildman–Crippen MR) is 76.2 cm³/mol. The summed E-state index contributed by atoms with van der Waals surface area (Å²) in [5.41, 5.74) is 7.29. The van der Waals surface area contributed by atoms with Crippen molar-refractivity contribution < 1.29 is 9.18 Å². The molecule has 2 nitrogen and oxygen atoms in total. The normalized spacial score (nSPS) is 12.2. The van der Waals surface area contributed by atoms with Crippen molar-refractivity contribution >= 4 is 21.7 Å². The van der Waals surface area contributed by atoms with Gasteiger partial charge in [0, 0.05) is 10.9 Å². The molecule has 0 heterocycles. The molecule has 19 heavy (non-hydrogen) atoms. The van der Waals surface area contributed by atoms with Crippen molar-refractivity contribution in [2.75, 3.05) is 0 Å². The van der Waals surface area contributed by atoms with E-state index in [9.17, 15) is 9.18 Å². The Hall–Kier alpha value is -1.52. The number of benzene rings is 2. The Bertz CT molecular complexity index is 566. The Morgan fingerprint density at radius 3 is 2.53 bits per heavy atom. The van der Waals surface area contributed by atoms with Crippen LogP contribution in [-0.2, 0) is 11.2 Å². The van der Waals surface area contributed by atoms with Crippen LogP contribution in [0.2, 0.25) is 0 Å². The molecule has 0 saturated heterocycles. The van der Waals surface area contributed by atoms with Gasteiger partial charge in [-0.15, -0.1) is 0 Å². The van der Waals surface area contributed by atoms with E-state index in [1.165, 1.54) is 12.1 Å². The van der Waals surface area contributed by atoms with E-state index in [4.69, 9.17) is 5.73 Å². The number of ketones is 1. The van der Waals surface area contributed by atoms with Crippen LogP contribution in [0.3, 0.4) is 0 Å². The van der Waals surface area contributed by atoms with E-state index >= 15 is 0 Å². The molecule has 0 amide bonds. The lowest BCUT2D eigenvalue weighted by atomic mass is 9.98. The lowest BCUT2D eigenvalue weighted by Crippen LogP contribution is -2.23. The van der Waals surface area contributed by atoms with Crippen LogP contribution in [0.4, 0.5) is 4.39 Å². The zero-order chi connectivity index (χ0) is 13.8. The lowest BCUT2D eigenvalue weighted by Gasteiger charge is -2.11. The van der Waals surface area contributed by atoms with Gasteiger partial charge in [0.05, 0.1) is 6.04 Å². The first-order valence-electron chi connectivity index (χ1n) is 5.84. The Labute approximate surface area is 119 Å². The SMILES string of the molecule is NC(C(=O)Cc1cc(F)cc(Br)c1)c1ccccc1. The minimum absolute atomic E-state index is 0.117. The highest BCUT2D eigenvalue weighted by molar-refractivity contribution is 9.10. The summed E-state index contributed by atoms with van der Waals surface area (Å²) in [6, 6.07) is 12.9. The van der Waals surface area contributed by atoms with Gasteiger partial charge in [0.15, 0.2) is 5.78 Å². The first-order valence-corrected chi connectivity index (χ1v) is 6.64. The molecule has 0 bridgehead atoms. The molecule has 2 aromatic rings. The Balaban J connectivity index is 2.13. The minimum Gasteiger partial charge on any atom is -0.318 e. The molecule has 1 atom stereocenters. The van der Waals surface area contributed by atoms with Crippen molar-refractivity contribution in [3.8, 4) is 0 Å². The standard InChI is InChI=1S/C15H13BrFNO/c16-12-6-10(7-13(17)9-12)8-14(19)15(18)11-4-2-1-3-5-11/h1-7,9,15H,8,18H2. The van der Waals surface area contributed by atoms with E-state index in [0.717, 1.165) is 5.56 Å². The largest absolute Gasteiger partial charge is 0.318 e. The highest BCUT2D eigenvalue weighted by Gasteiger charge is 2.16. The van der Waals surface area contributed by atoms with Crippen molar-refractivity contribution in [3.05, 3.63) is 69.9 Å². The number of Topliss-reactive ketones (excluding diaryl/α,β-unsaturated/α-hetero) is 1. The number of hydrogen-bond donors (Lipinski definition) is 1. The summed E-state index contributed by atoms with van der Waals surface area (Å²) in [5, 5.41) is 0. The van der Waals surface area contributed by atoms with Crippen molar-refractivity contribution in [2.24, 2.45) is 5.73 Å². The molecule has 2 N–H and O–H groups in total. The molecular formula is C15H13BrFNO. The van der Waals surface area contributed by atoms with Crippen molar-refractivity contribution in [1.29, 1.82) is 0 Å². The highest BCUT2D eigenvalue weighted by Crippen LogP contribution is 2.18. The van der Waals surface area contributed by atoms with Crippen LogP contribution in [0.5, 0.6) is 0 Å². The summed E-state index contributed by atoms with van der Waals surface area (Å²) < 4.78 is 13.8. The maximum absolute atomic E-state index is 13.2. The van der Waals surface area contributed by atoms with Gasteiger partial charge in [0.1, 0.15) is 5.82 Å². The third-order valence-electron chi connectivity index (χ3n) is 2.81. The van der Waals surface area contributed by atoms with Crippen LogP contribution >= 0.6 is 15.9 Å². The summed E-state index contributed by atoms with van der Waals surface area (Å²) in [4.78, 5) is 12.1. The van der Waals surface area contributed by atoms with Crippen LogP contribution in [-0.4, -0.2) is 5.78 Å². The van der Waals surface area contributed by atoms with E-state index in [2.05, 4.69) is 15.9 Å². The molecule has 0 saturated carbocycles. The number of hydrogen-bond acceptors (Lipinski definition) is 2. The average Bonchev–Trinajstić information content (AvgIpc) is 2.37. The Kier molecular flexibility index (Phi) is 4.45. The summed E-state index contributed by atoms with van der Waals surface area (Å²) in [6.45, 7) is 0. The van der Waals surface area contributed by atoms with Crippen LogP contribution in [0.15, 0.2) is 53.0 Å². The third-order valence-corrected chi connectivity index (χ3v) is 3.26. The van der Waals surface area contributed by atoms with E-state index in [0.29, 0.717) is 10.0 Å². The van der Waals surface area contributed by atoms with Gasteiger partial charge in [-0.25, -0.2) is 4.39 Å². The maximum Gasteiger partial charge on any atom is 0.158 e. The quantitative estimate of drug-likeness (QED) is 0.937. The molecule has 4 heteroatoms. The van der Waals surface area contributed by atoms with Crippen molar-refractivity contribution in [3.63, 3.8) is 0 Å². The number of carbonyl (C=O) groups is 1. The fraction of sp³-hybridized carbons (Fsp3) is 0.133. The van der Waals surface area contributed by atoms with Gasteiger partial charge >= 0.3 is 0 Å². The molecule has 0 aliphatic heterocycles. The molecule has 1 unspecified atom stereocenters. The molecular weight excluding hydrogens is 309 g/mol. The summed E-state index contributed by atoms with van der Waals surface area (Å²) >= 11 is 3.20. The van der Waals surface area contributed by atoms with Crippen molar-refractivity contribution in [2.45, 2.75) is 12.5 Å². The smallest absolute Gasteiger partial charge is 0.158 e. The molecule has 0 aliphatic carbocycles. The molecule has 0 spiro atoms. The van der Waals surface area contributed by atoms with Crippen LogP contribution in [0.25, 0.3) is 0 Å². The van der Waals surface area contributed by atoms with Gasteiger partial charge in [0.25, 0.3) is 0 Å². The minimum atomic E-state index is -0.678. The first kappa shape index (κ1) is 13.9. The monoisotopic (exact) mass is 321 g/mol. The van der Waals surface area contributed by atoms with Gasteiger partial charge in [-0.3, -0.25) is 4.79 Å². The second-order valence-corrected chi connectivity index (χ2v) is 5.22. The van der Waals surface area contributed by atoms with Gasteiger partial charge in [-0.1, -0.05) is 46.3 Å². The zero-order valence-electron chi connectivity index (χ0n) is 10.1. The predicted octanol–water partition coefficient (Wildman–Crippen LogP) is 3.40. The Morgan fingerprint density at radius 2 is 1.89 bits per heavy atom. The van der Waals surface area contributed by atoms with Gasteiger partial charge in [0.2, 0.25) is 0 Å². The molecule has 0 radical (unpaired) electrons. The van der Waals surface area contributed by atoms with Crippen molar-refractivity contribution in [1.82, 2.24) is 0 Å². The van der Waals surface area contributed by atoms with E-state index in [-0.39, 0.29) is 18.0 Å². The van der Waals surface area contributed by atoms with E-state index in [1.807, 2.05) is 30.3 Å². The van der Waals surface area contributed by atoms with Crippen LogP contribution in [0.1, 0.15) is 17.2 Å². The molecule has 0 aliphatic rings. The fourth-order valence-electron chi connectivity index (χ4n) is 1.87. The van der Waals surface area contributed by atoms with Crippen LogP contribution < -0.4 is 5.73 Å². The lowest BCUT2D eigenvalue weighted by molar-refractivity contribution is -0.119. The topological polar surface area (TPSA) is 43.1 Å². The molecule has 98 valence electrons. The van der Waals surface area contributed by atoms with Crippen LogP contribution in [0, 0.1) is 5.82 Å². The van der Waals surface area contributed by atoms with Gasteiger partial charge < -0.3 is 5.73 Å². The molecule has 0 fully saturated rings. The van der Waals surface area contributed by atoms with E-state index in [1.54, 1.807) is 6.07 Å². The third kappa shape index (κ3) is 3.72. The number of halogens is 2. The fourth-order valence-corrected chi connectivity index (χ4v) is 2.38. The van der Waals surface area contributed by atoms with Gasteiger partial charge in [-0.05, 0) is 29.3 Å². The average molecular weight is 322 g/mol. The first-order chi connectivity index (χ1) is 9.06. The molecule has 0 aromatic heterocycles. The van der Waals surface area contributed by atoms with E-state index < -0.39 is 6.04 Å². The second kappa shape index (κ2) is 6.08. The Morgan fingerprint density at radius 1 is 1.21 bits per heavy atom. The number of rotatable bonds is 4. The maximum atomic E-state index is 13.2. The number of nitrogens with two attached hydrogens (primary N) is 1. The second-order valence-electron chi connectivity index (χ2n) is 4.31. The summed E-state index contributed by atoms with van der Waals surface area (Å²) in [6.07, 6.45) is 0.117. The number of carbonyl (C=O) groups excluding carboxylic acids is 1. The summed E-state index contributed by atoms with van der Waals surface area (Å²) in [5.74, 6) is -0.505. The van der Waals surface area contributed by atoms with Gasteiger partial charge in [-0.2, -0.15) is 0 Å². The molecule has 2 rings (SSSR count). The molecule has 2 aromatic carbocycles.